The van der Waals surface area contributed by atoms with Gasteiger partial charge in [0.2, 0.25) is 5.91 Å². The Morgan fingerprint density at radius 3 is 2.52 bits per heavy atom. The Labute approximate surface area is 178 Å². The monoisotopic (exact) mass is 425 g/mol. The van der Waals surface area contributed by atoms with Crippen molar-refractivity contribution in [2.75, 3.05) is 39.4 Å². The van der Waals surface area contributed by atoms with Crippen molar-refractivity contribution in [3.05, 3.63) is 24.3 Å². The summed E-state index contributed by atoms with van der Waals surface area (Å²) in [6.45, 7) is 5.54. The quantitative estimate of drug-likeness (QED) is 0.665. The predicted molar refractivity (Wildman–Crippen MR) is 114 cm³/mol. The number of carbonyl (C=O) groups is 2. The molecule has 0 saturated carbocycles. The van der Waals surface area contributed by atoms with Crippen LogP contribution in [-0.2, 0) is 9.59 Å². The molecular formula is C21H32ClN3O4. The number of rotatable bonds is 8. The summed E-state index contributed by atoms with van der Waals surface area (Å²) in [6, 6.07) is 7.24. The second kappa shape index (κ2) is 11.9. The number of likely N-dealkylation sites (tertiary alicyclic amines) is 1. The fourth-order valence-electron chi connectivity index (χ4n) is 3.77. The molecule has 8 heteroatoms. The zero-order valence-corrected chi connectivity index (χ0v) is 17.8. The number of nitrogens with zero attached hydrogens (tertiary/aromatic N) is 1. The third-order valence-electron chi connectivity index (χ3n) is 5.31. The first-order valence-electron chi connectivity index (χ1n) is 10.3. The Morgan fingerprint density at radius 1 is 1.14 bits per heavy atom. The number of benzene rings is 1. The molecular weight excluding hydrogens is 394 g/mol. The first kappa shape index (κ1) is 23.3. The molecule has 2 fully saturated rings. The average molecular weight is 426 g/mol. The van der Waals surface area contributed by atoms with Gasteiger partial charge in [0.25, 0.3) is 5.91 Å². The largest absolute Gasteiger partial charge is 0.494 e. The lowest BCUT2D eigenvalue weighted by Gasteiger charge is -2.33. The van der Waals surface area contributed by atoms with Crippen molar-refractivity contribution in [3.63, 3.8) is 0 Å². The predicted octanol–water partition coefficient (Wildman–Crippen LogP) is 1.99. The minimum Gasteiger partial charge on any atom is -0.494 e. The highest BCUT2D eigenvalue weighted by atomic mass is 35.5. The highest BCUT2D eigenvalue weighted by Crippen LogP contribution is 2.19. The number of hydrogen-bond donors (Lipinski definition) is 2. The molecule has 1 aromatic rings. The van der Waals surface area contributed by atoms with Crippen molar-refractivity contribution in [2.24, 2.45) is 5.92 Å². The molecule has 162 valence electrons. The van der Waals surface area contributed by atoms with Crippen LogP contribution in [0.4, 0.5) is 0 Å². The van der Waals surface area contributed by atoms with Crippen LogP contribution in [0.25, 0.3) is 0 Å². The van der Waals surface area contributed by atoms with Gasteiger partial charge in [-0.15, -0.1) is 12.4 Å². The first-order valence-corrected chi connectivity index (χ1v) is 10.3. The van der Waals surface area contributed by atoms with Gasteiger partial charge in [0, 0.05) is 19.6 Å². The normalized spacial score (nSPS) is 21.2. The molecule has 2 amide bonds. The molecule has 7 nitrogen and oxygen atoms in total. The fraction of sp³-hybridized carbons (Fsp3) is 0.619. The number of halogens is 1. The molecule has 2 heterocycles. The van der Waals surface area contributed by atoms with Gasteiger partial charge in [-0.05, 0) is 69.3 Å². The average Bonchev–Trinajstić information content (AvgIpc) is 3.27. The van der Waals surface area contributed by atoms with Crippen LogP contribution in [0, 0.1) is 5.92 Å². The molecule has 29 heavy (non-hydrogen) atoms. The Bertz CT molecular complexity index is 650. The van der Waals surface area contributed by atoms with E-state index in [2.05, 4.69) is 10.6 Å². The molecule has 2 N–H and O–H groups in total. The van der Waals surface area contributed by atoms with E-state index in [4.69, 9.17) is 9.47 Å². The van der Waals surface area contributed by atoms with Crippen LogP contribution in [0.1, 0.15) is 32.6 Å². The van der Waals surface area contributed by atoms with E-state index in [0.717, 1.165) is 44.5 Å². The summed E-state index contributed by atoms with van der Waals surface area (Å²) in [6.07, 6.45) is 3.95. The van der Waals surface area contributed by atoms with Crippen molar-refractivity contribution < 1.29 is 19.1 Å². The molecule has 0 aliphatic carbocycles. The minimum absolute atomic E-state index is 0. The molecule has 2 unspecified atom stereocenters. The number of ether oxygens (including phenoxy) is 2. The SMILES string of the molecule is CCOc1ccc(OCC(=O)N2CCCC(CNC(=O)C3CCCN3)C2)cc1.Cl. The van der Waals surface area contributed by atoms with Gasteiger partial charge in [-0.3, -0.25) is 9.59 Å². The van der Waals surface area contributed by atoms with E-state index in [9.17, 15) is 9.59 Å². The molecule has 0 radical (unpaired) electrons. The minimum atomic E-state index is -0.0520. The van der Waals surface area contributed by atoms with Crippen LogP contribution in [-0.4, -0.2) is 62.1 Å². The van der Waals surface area contributed by atoms with E-state index in [1.165, 1.54) is 0 Å². The fourth-order valence-corrected chi connectivity index (χ4v) is 3.77. The molecule has 0 spiro atoms. The van der Waals surface area contributed by atoms with Crippen LogP contribution >= 0.6 is 12.4 Å². The van der Waals surface area contributed by atoms with Gasteiger partial charge in [0.1, 0.15) is 11.5 Å². The summed E-state index contributed by atoms with van der Waals surface area (Å²) in [5, 5.41) is 6.26. The van der Waals surface area contributed by atoms with Crippen molar-refractivity contribution in [1.82, 2.24) is 15.5 Å². The van der Waals surface area contributed by atoms with Crippen LogP contribution < -0.4 is 20.1 Å². The van der Waals surface area contributed by atoms with Crippen molar-refractivity contribution in [1.29, 1.82) is 0 Å². The smallest absolute Gasteiger partial charge is 0.260 e. The Hall–Kier alpha value is -1.99. The van der Waals surface area contributed by atoms with Crippen molar-refractivity contribution >= 4 is 24.2 Å². The second-order valence-corrected chi connectivity index (χ2v) is 7.44. The second-order valence-electron chi connectivity index (χ2n) is 7.44. The Balaban J connectivity index is 0.00000300. The summed E-state index contributed by atoms with van der Waals surface area (Å²) in [5.41, 5.74) is 0. The van der Waals surface area contributed by atoms with Gasteiger partial charge < -0.3 is 25.0 Å². The van der Waals surface area contributed by atoms with E-state index >= 15 is 0 Å². The Morgan fingerprint density at radius 2 is 1.86 bits per heavy atom. The molecule has 0 bridgehead atoms. The summed E-state index contributed by atoms with van der Waals surface area (Å²) < 4.78 is 11.0. The van der Waals surface area contributed by atoms with Gasteiger partial charge in [-0.1, -0.05) is 0 Å². The van der Waals surface area contributed by atoms with E-state index in [1.807, 2.05) is 36.1 Å². The van der Waals surface area contributed by atoms with Crippen molar-refractivity contribution in [3.8, 4) is 11.5 Å². The molecule has 3 rings (SSSR count). The molecule has 2 aliphatic heterocycles. The summed E-state index contributed by atoms with van der Waals surface area (Å²) in [4.78, 5) is 26.5. The number of carbonyl (C=O) groups excluding carboxylic acids is 2. The zero-order chi connectivity index (χ0) is 19.8. The van der Waals surface area contributed by atoms with Crippen LogP contribution in [0.2, 0.25) is 0 Å². The number of piperidine rings is 1. The Kier molecular flexibility index (Phi) is 9.54. The van der Waals surface area contributed by atoms with Gasteiger partial charge >= 0.3 is 0 Å². The lowest BCUT2D eigenvalue weighted by molar-refractivity contribution is -0.135. The van der Waals surface area contributed by atoms with E-state index in [1.54, 1.807) is 0 Å². The molecule has 2 atom stereocenters. The molecule has 2 aliphatic rings. The number of hydrogen-bond acceptors (Lipinski definition) is 5. The maximum Gasteiger partial charge on any atom is 0.260 e. The maximum absolute atomic E-state index is 12.5. The first-order chi connectivity index (χ1) is 13.7. The van der Waals surface area contributed by atoms with Crippen molar-refractivity contribution in [2.45, 2.75) is 38.6 Å². The molecule has 1 aromatic carbocycles. The van der Waals surface area contributed by atoms with E-state index in [-0.39, 0.29) is 36.9 Å². The highest BCUT2D eigenvalue weighted by molar-refractivity contribution is 5.85. The third kappa shape index (κ3) is 7.08. The lowest BCUT2D eigenvalue weighted by Crippen LogP contribution is -2.47. The summed E-state index contributed by atoms with van der Waals surface area (Å²) >= 11 is 0. The lowest BCUT2D eigenvalue weighted by atomic mass is 9.97. The molecule has 2 saturated heterocycles. The topological polar surface area (TPSA) is 79.9 Å². The zero-order valence-electron chi connectivity index (χ0n) is 17.0. The number of amides is 2. The van der Waals surface area contributed by atoms with Crippen LogP contribution in [0.5, 0.6) is 11.5 Å². The number of nitrogens with one attached hydrogen (secondary N) is 2. The maximum atomic E-state index is 12.5. The highest BCUT2D eigenvalue weighted by Gasteiger charge is 2.26. The molecule has 0 aromatic heterocycles. The third-order valence-corrected chi connectivity index (χ3v) is 5.31. The van der Waals surface area contributed by atoms with Gasteiger partial charge in [-0.2, -0.15) is 0 Å². The van der Waals surface area contributed by atoms with Crippen LogP contribution in [0.15, 0.2) is 24.3 Å². The summed E-state index contributed by atoms with van der Waals surface area (Å²) in [5.74, 6) is 1.81. The summed E-state index contributed by atoms with van der Waals surface area (Å²) in [7, 11) is 0. The standard InChI is InChI=1S/C21H31N3O4.ClH/c1-2-27-17-7-9-18(10-8-17)28-15-20(25)24-12-4-5-16(14-24)13-23-21(26)19-6-3-11-22-19;/h7-10,16,19,22H,2-6,11-15H2,1H3,(H,23,26);1H. The van der Waals surface area contributed by atoms with Gasteiger partial charge in [-0.25, -0.2) is 0 Å². The van der Waals surface area contributed by atoms with Gasteiger partial charge in [0.15, 0.2) is 6.61 Å². The van der Waals surface area contributed by atoms with E-state index < -0.39 is 0 Å². The van der Waals surface area contributed by atoms with Gasteiger partial charge in [0.05, 0.1) is 12.6 Å². The van der Waals surface area contributed by atoms with Crippen LogP contribution in [0.3, 0.4) is 0 Å². The van der Waals surface area contributed by atoms with E-state index in [0.29, 0.717) is 31.4 Å².